The molecule has 2 heteroatoms. The van der Waals surface area contributed by atoms with Crippen molar-refractivity contribution in [3.63, 3.8) is 0 Å². The van der Waals surface area contributed by atoms with Crippen LogP contribution in [0.1, 0.15) is 65.7 Å². The Labute approximate surface area is 134 Å². The molecule has 3 rings (SSSR count). The van der Waals surface area contributed by atoms with E-state index in [1.807, 2.05) is 6.92 Å². The Hall–Kier alpha value is -1.05. The van der Waals surface area contributed by atoms with Gasteiger partial charge >= 0.3 is 5.97 Å². The first-order chi connectivity index (χ1) is 10.3. The lowest BCUT2D eigenvalue weighted by atomic mass is 9.46. The van der Waals surface area contributed by atoms with Crippen molar-refractivity contribution in [1.29, 1.82) is 0 Å². The van der Waals surface area contributed by atoms with E-state index in [1.54, 1.807) is 5.57 Å². The number of hydrogen-bond donors (Lipinski definition) is 1. The van der Waals surface area contributed by atoms with Crippen molar-refractivity contribution < 1.29 is 9.90 Å². The molecule has 2 nitrogen and oxygen atoms in total. The highest BCUT2D eigenvalue weighted by Crippen LogP contribution is 2.63. The molecule has 0 spiro atoms. The number of aliphatic carboxylic acids is 1. The van der Waals surface area contributed by atoms with Gasteiger partial charge in [0.15, 0.2) is 0 Å². The number of carboxylic acid groups (broad SMARTS) is 1. The zero-order valence-electron chi connectivity index (χ0n) is 14.3. The van der Waals surface area contributed by atoms with E-state index < -0.39 is 11.4 Å². The molecule has 0 radical (unpaired) electrons. The third-order valence-electron chi connectivity index (χ3n) is 7.31. The van der Waals surface area contributed by atoms with Crippen molar-refractivity contribution in [1.82, 2.24) is 0 Å². The molecule has 22 heavy (non-hydrogen) atoms. The molecule has 2 saturated carbocycles. The minimum Gasteiger partial charge on any atom is -0.481 e. The highest BCUT2D eigenvalue weighted by molar-refractivity contribution is 5.75. The number of carboxylic acids is 1. The van der Waals surface area contributed by atoms with Crippen LogP contribution in [0.4, 0.5) is 0 Å². The van der Waals surface area contributed by atoms with Crippen LogP contribution in [0.25, 0.3) is 0 Å². The molecular formula is C20H30O2. The Kier molecular flexibility index (Phi) is 3.58. The van der Waals surface area contributed by atoms with Crippen LogP contribution >= 0.6 is 0 Å². The maximum Gasteiger partial charge on any atom is 0.309 e. The Balaban J connectivity index is 2.07. The summed E-state index contributed by atoms with van der Waals surface area (Å²) in [6.45, 7) is 10.7. The molecule has 122 valence electrons. The second kappa shape index (κ2) is 4.97. The lowest BCUT2D eigenvalue weighted by Gasteiger charge is -2.57. The highest BCUT2D eigenvalue weighted by atomic mass is 16.4. The molecule has 0 aromatic carbocycles. The molecular weight excluding hydrogens is 272 g/mol. The van der Waals surface area contributed by atoms with Gasteiger partial charge in [0.1, 0.15) is 0 Å². The second-order valence-corrected chi connectivity index (χ2v) is 8.67. The lowest BCUT2D eigenvalue weighted by Crippen LogP contribution is -2.52. The first kappa shape index (κ1) is 15.8. The third kappa shape index (κ3) is 2.10. The van der Waals surface area contributed by atoms with Gasteiger partial charge in [0.05, 0.1) is 5.41 Å². The average molecular weight is 302 g/mol. The molecule has 0 aromatic rings. The van der Waals surface area contributed by atoms with Gasteiger partial charge in [0.2, 0.25) is 0 Å². The first-order valence-electron chi connectivity index (χ1n) is 8.85. The van der Waals surface area contributed by atoms with Gasteiger partial charge in [-0.2, -0.15) is 0 Å². The fourth-order valence-electron chi connectivity index (χ4n) is 5.76. The van der Waals surface area contributed by atoms with Gasteiger partial charge in [-0.3, -0.25) is 4.79 Å². The number of fused-ring (bicyclic) bond motifs is 3. The zero-order valence-corrected chi connectivity index (χ0v) is 14.3. The number of allylic oxidation sites excluding steroid dienone is 3. The lowest BCUT2D eigenvalue weighted by molar-refractivity contribution is -0.160. The summed E-state index contributed by atoms with van der Waals surface area (Å²) in [5.74, 6) is 0.358. The summed E-state index contributed by atoms with van der Waals surface area (Å²) in [7, 11) is 0. The minimum absolute atomic E-state index is 0.0684. The molecule has 1 unspecified atom stereocenters. The molecule has 0 bridgehead atoms. The number of carbonyl (C=O) groups is 1. The second-order valence-electron chi connectivity index (χ2n) is 8.67. The summed E-state index contributed by atoms with van der Waals surface area (Å²) >= 11 is 0. The summed E-state index contributed by atoms with van der Waals surface area (Å²) in [4.78, 5) is 12.0. The summed E-state index contributed by atoms with van der Waals surface area (Å²) < 4.78 is 0. The smallest absolute Gasteiger partial charge is 0.309 e. The summed E-state index contributed by atoms with van der Waals surface area (Å²) in [5, 5.41) is 9.86. The van der Waals surface area contributed by atoms with Crippen LogP contribution in [-0.2, 0) is 4.79 Å². The van der Waals surface area contributed by atoms with Gasteiger partial charge in [-0.15, -0.1) is 6.58 Å². The predicted octanol–water partition coefficient (Wildman–Crippen LogP) is 5.21. The average Bonchev–Trinajstić information content (AvgIpc) is 2.47. The third-order valence-corrected chi connectivity index (χ3v) is 7.31. The van der Waals surface area contributed by atoms with Crippen LogP contribution in [0.2, 0.25) is 0 Å². The molecule has 0 saturated heterocycles. The van der Waals surface area contributed by atoms with E-state index in [4.69, 9.17) is 0 Å². The van der Waals surface area contributed by atoms with Crippen molar-refractivity contribution in [3.05, 3.63) is 24.3 Å². The molecule has 1 N–H and O–H groups in total. The monoisotopic (exact) mass is 302 g/mol. The van der Waals surface area contributed by atoms with Crippen LogP contribution in [-0.4, -0.2) is 11.1 Å². The van der Waals surface area contributed by atoms with Crippen LogP contribution < -0.4 is 0 Å². The van der Waals surface area contributed by atoms with E-state index in [1.165, 1.54) is 19.3 Å². The maximum absolute atomic E-state index is 12.0. The molecule has 0 aliphatic heterocycles. The molecule has 3 aliphatic carbocycles. The highest BCUT2D eigenvalue weighted by Gasteiger charge is 2.57. The van der Waals surface area contributed by atoms with Gasteiger partial charge in [0.25, 0.3) is 0 Å². The summed E-state index contributed by atoms with van der Waals surface area (Å²) in [5.41, 5.74) is 1.16. The standard InChI is InChI=1S/C20H30O2/c1-5-18(2)12-9-14-7-8-16-19(3,15(14)13-18)10-6-11-20(16,4)17(21)22/h5,13-14,16H,1,6-12H2,2-4H3,(H,21,22)/t14-,16?,18+,19-,20+/m0/s1. The van der Waals surface area contributed by atoms with E-state index >= 15 is 0 Å². The van der Waals surface area contributed by atoms with Gasteiger partial charge in [0, 0.05) is 5.41 Å². The fourth-order valence-corrected chi connectivity index (χ4v) is 5.76. The Morgan fingerprint density at radius 1 is 1.23 bits per heavy atom. The van der Waals surface area contributed by atoms with Crippen LogP contribution in [0.3, 0.4) is 0 Å². The SMILES string of the molecule is C=C[C@@]1(C)C=C2[C@@H](CCC3[C@](C)(C(=O)O)CCC[C@@]23C)CC1. The van der Waals surface area contributed by atoms with Gasteiger partial charge < -0.3 is 5.11 Å². The van der Waals surface area contributed by atoms with Crippen LogP contribution in [0.15, 0.2) is 24.3 Å². The van der Waals surface area contributed by atoms with E-state index in [-0.39, 0.29) is 16.7 Å². The molecule has 2 fully saturated rings. The molecule has 0 amide bonds. The first-order valence-corrected chi connectivity index (χ1v) is 8.85. The zero-order chi connectivity index (χ0) is 16.2. The van der Waals surface area contributed by atoms with Gasteiger partial charge in [-0.1, -0.05) is 38.0 Å². The van der Waals surface area contributed by atoms with Crippen molar-refractivity contribution in [3.8, 4) is 0 Å². The molecule has 0 heterocycles. The Bertz CT molecular complexity index is 534. The quantitative estimate of drug-likeness (QED) is 0.711. The largest absolute Gasteiger partial charge is 0.481 e. The van der Waals surface area contributed by atoms with Crippen molar-refractivity contribution in [2.75, 3.05) is 0 Å². The topological polar surface area (TPSA) is 37.3 Å². The number of rotatable bonds is 2. The van der Waals surface area contributed by atoms with E-state index in [0.29, 0.717) is 5.92 Å². The maximum atomic E-state index is 12.0. The van der Waals surface area contributed by atoms with Crippen LogP contribution in [0, 0.1) is 28.1 Å². The molecule has 0 aromatic heterocycles. The predicted molar refractivity (Wildman–Crippen MR) is 89.5 cm³/mol. The van der Waals surface area contributed by atoms with E-state index in [2.05, 4.69) is 32.6 Å². The fraction of sp³-hybridized carbons (Fsp3) is 0.750. The Morgan fingerprint density at radius 2 is 1.95 bits per heavy atom. The molecule has 3 aliphatic rings. The van der Waals surface area contributed by atoms with Crippen molar-refractivity contribution >= 4 is 5.97 Å². The summed E-state index contributed by atoms with van der Waals surface area (Å²) in [6.07, 6.45) is 12.2. The van der Waals surface area contributed by atoms with Crippen LogP contribution in [0.5, 0.6) is 0 Å². The number of hydrogen-bond acceptors (Lipinski definition) is 1. The van der Waals surface area contributed by atoms with Crippen molar-refractivity contribution in [2.45, 2.75) is 65.7 Å². The van der Waals surface area contributed by atoms with Crippen molar-refractivity contribution in [2.24, 2.45) is 28.1 Å². The minimum atomic E-state index is -0.593. The van der Waals surface area contributed by atoms with E-state index in [9.17, 15) is 9.90 Å². The molecule has 5 atom stereocenters. The van der Waals surface area contributed by atoms with Gasteiger partial charge in [-0.25, -0.2) is 0 Å². The summed E-state index contributed by atoms with van der Waals surface area (Å²) in [6, 6.07) is 0. The normalized spacial score (nSPS) is 47.9. The van der Waals surface area contributed by atoms with Gasteiger partial charge in [-0.05, 0) is 62.7 Å². The van der Waals surface area contributed by atoms with E-state index in [0.717, 1.165) is 25.7 Å². The Morgan fingerprint density at radius 3 is 2.59 bits per heavy atom.